The molecule has 0 fully saturated rings. The summed E-state index contributed by atoms with van der Waals surface area (Å²) in [6, 6.07) is 5.91. The summed E-state index contributed by atoms with van der Waals surface area (Å²) in [6.45, 7) is 2.13. The molecule has 19 heavy (non-hydrogen) atoms. The van der Waals surface area contributed by atoms with E-state index in [-0.39, 0.29) is 12.3 Å². The fourth-order valence-corrected chi connectivity index (χ4v) is 1.72. The molecule has 0 aliphatic rings. The van der Waals surface area contributed by atoms with Gasteiger partial charge in [-0.3, -0.25) is 14.8 Å². The lowest BCUT2D eigenvalue weighted by Gasteiger charge is -2.06. The lowest BCUT2D eigenvalue weighted by atomic mass is 10.2. The monoisotopic (exact) mass is 262 g/mol. The molecule has 0 unspecified atom stereocenters. The Kier molecular flexibility index (Phi) is 3.37. The van der Waals surface area contributed by atoms with Gasteiger partial charge in [0.15, 0.2) is 0 Å². The highest BCUT2D eigenvalue weighted by Gasteiger charge is 2.11. The highest BCUT2D eigenvalue weighted by atomic mass is 16.6. The predicted molar refractivity (Wildman–Crippen MR) is 69.8 cm³/mol. The second-order valence-corrected chi connectivity index (χ2v) is 4.11. The summed E-state index contributed by atoms with van der Waals surface area (Å²) >= 11 is 0. The van der Waals surface area contributed by atoms with Crippen LogP contribution in [0.5, 0.6) is 5.75 Å². The van der Waals surface area contributed by atoms with Crippen molar-refractivity contribution in [2.45, 2.75) is 13.5 Å². The molecule has 0 aliphatic heterocycles. The Morgan fingerprint density at radius 1 is 1.42 bits per heavy atom. The number of hydrogen-bond acceptors (Lipinski definition) is 5. The summed E-state index contributed by atoms with van der Waals surface area (Å²) in [6.07, 6.45) is 0. The van der Waals surface area contributed by atoms with Crippen molar-refractivity contribution in [1.29, 1.82) is 0 Å². The Labute approximate surface area is 109 Å². The third kappa shape index (κ3) is 2.65. The maximum atomic E-state index is 10.5. The van der Waals surface area contributed by atoms with Crippen molar-refractivity contribution in [3.05, 3.63) is 45.6 Å². The summed E-state index contributed by atoms with van der Waals surface area (Å²) in [5.41, 5.74) is 7.52. The molecule has 7 nitrogen and oxygen atoms in total. The van der Waals surface area contributed by atoms with Crippen LogP contribution in [0.4, 0.5) is 11.5 Å². The van der Waals surface area contributed by atoms with E-state index in [0.717, 1.165) is 11.3 Å². The fourth-order valence-electron chi connectivity index (χ4n) is 1.72. The number of non-ortho nitro benzene ring substituents is 1. The van der Waals surface area contributed by atoms with E-state index in [1.165, 1.54) is 12.1 Å². The van der Waals surface area contributed by atoms with Gasteiger partial charge in [0.2, 0.25) is 0 Å². The molecular weight excluding hydrogens is 248 g/mol. The van der Waals surface area contributed by atoms with E-state index in [4.69, 9.17) is 10.5 Å². The molecule has 0 saturated carbocycles. The first-order valence-electron chi connectivity index (χ1n) is 5.64. The van der Waals surface area contributed by atoms with Gasteiger partial charge in [-0.05, 0) is 19.1 Å². The molecule has 0 aliphatic carbocycles. The second-order valence-electron chi connectivity index (χ2n) is 4.11. The quantitative estimate of drug-likeness (QED) is 0.669. The van der Waals surface area contributed by atoms with Gasteiger partial charge < -0.3 is 10.5 Å². The van der Waals surface area contributed by atoms with E-state index >= 15 is 0 Å². The molecule has 2 N–H and O–H groups in total. The Morgan fingerprint density at radius 2 is 2.05 bits per heavy atom. The van der Waals surface area contributed by atoms with Gasteiger partial charge in [-0.25, -0.2) is 0 Å². The Bertz CT molecular complexity index is 604. The minimum Gasteiger partial charge on any atom is -0.489 e. The maximum absolute atomic E-state index is 10.5. The summed E-state index contributed by atoms with van der Waals surface area (Å²) in [4.78, 5) is 10.1. The van der Waals surface area contributed by atoms with Gasteiger partial charge in [0, 0.05) is 19.2 Å². The molecule has 100 valence electrons. The van der Waals surface area contributed by atoms with E-state index in [0.29, 0.717) is 11.6 Å². The normalized spacial score (nSPS) is 10.4. The van der Waals surface area contributed by atoms with Crippen molar-refractivity contribution in [3.63, 3.8) is 0 Å². The van der Waals surface area contributed by atoms with Crippen LogP contribution in [0.25, 0.3) is 0 Å². The van der Waals surface area contributed by atoms with E-state index in [9.17, 15) is 10.1 Å². The number of nitro benzene ring substituents is 1. The van der Waals surface area contributed by atoms with E-state index in [1.54, 1.807) is 23.9 Å². The first-order valence-corrected chi connectivity index (χ1v) is 5.64. The van der Waals surface area contributed by atoms with Crippen molar-refractivity contribution in [2.24, 2.45) is 7.05 Å². The molecule has 2 aromatic rings. The zero-order chi connectivity index (χ0) is 14.0. The number of nitrogens with two attached hydrogens (primary N) is 1. The summed E-state index contributed by atoms with van der Waals surface area (Å²) in [7, 11) is 1.76. The van der Waals surface area contributed by atoms with Gasteiger partial charge in [-0.15, -0.1) is 0 Å². The van der Waals surface area contributed by atoms with Crippen molar-refractivity contribution in [1.82, 2.24) is 9.78 Å². The third-order valence-corrected chi connectivity index (χ3v) is 2.83. The molecule has 0 radical (unpaired) electrons. The highest BCUT2D eigenvalue weighted by molar-refractivity contribution is 5.43. The summed E-state index contributed by atoms with van der Waals surface area (Å²) in [5.74, 6) is 1.10. The number of rotatable bonds is 4. The SMILES string of the molecule is Cc1nn(C)c(N)c1COc1ccc([N+](=O)[O-])cc1. The second kappa shape index (κ2) is 4.97. The van der Waals surface area contributed by atoms with E-state index in [1.807, 2.05) is 6.92 Å². The zero-order valence-electron chi connectivity index (χ0n) is 10.7. The van der Waals surface area contributed by atoms with Crippen LogP contribution in [0.3, 0.4) is 0 Å². The zero-order valence-corrected chi connectivity index (χ0v) is 10.7. The van der Waals surface area contributed by atoms with Gasteiger partial charge in [0.05, 0.1) is 16.2 Å². The van der Waals surface area contributed by atoms with Gasteiger partial charge in [0.25, 0.3) is 5.69 Å². The largest absolute Gasteiger partial charge is 0.489 e. The molecule has 0 amide bonds. The average molecular weight is 262 g/mol. The molecule has 1 heterocycles. The van der Waals surface area contributed by atoms with Crippen LogP contribution >= 0.6 is 0 Å². The van der Waals surface area contributed by atoms with Gasteiger partial charge >= 0.3 is 0 Å². The minimum atomic E-state index is -0.451. The molecule has 0 saturated heterocycles. The van der Waals surface area contributed by atoms with E-state index < -0.39 is 4.92 Å². The number of anilines is 1. The van der Waals surface area contributed by atoms with Crippen molar-refractivity contribution in [2.75, 3.05) is 5.73 Å². The number of benzene rings is 1. The molecular formula is C12H14N4O3. The number of nitro groups is 1. The number of nitrogens with zero attached hydrogens (tertiary/aromatic N) is 3. The third-order valence-electron chi connectivity index (χ3n) is 2.83. The molecule has 0 spiro atoms. The van der Waals surface area contributed by atoms with Gasteiger partial charge in [-0.1, -0.05) is 0 Å². The van der Waals surface area contributed by atoms with Crippen LogP contribution in [0.1, 0.15) is 11.3 Å². The van der Waals surface area contributed by atoms with E-state index in [2.05, 4.69) is 5.10 Å². The van der Waals surface area contributed by atoms with Crippen molar-refractivity contribution in [3.8, 4) is 5.75 Å². The van der Waals surface area contributed by atoms with Crippen LogP contribution in [0.2, 0.25) is 0 Å². The molecule has 0 bridgehead atoms. The highest BCUT2D eigenvalue weighted by Crippen LogP contribution is 2.21. The topological polar surface area (TPSA) is 96.2 Å². The number of nitrogen functional groups attached to an aromatic ring is 1. The molecule has 1 aromatic carbocycles. The average Bonchev–Trinajstić information content (AvgIpc) is 2.62. The minimum absolute atomic E-state index is 0.0319. The van der Waals surface area contributed by atoms with Crippen LogP contribution < -0.4 is 10.5 Å². The Morgan fingerprint density at radius 3 is 2.53 bits per heavy atom. The van der Waals surface area contributed by atoms with Crippen LogP contribution in [0, 0.1) is 17.0 Å². The first-order chi connectivity index (χ1) is 8.99. The fraction of sp³-hybridized carbons (Fsp3) is 0.250. The summed E-state index contributed by atoms with van der Waals surface area (Å²) < 4.78 is 7.13. The van der Waals surface area contributed by atoms with Crippen LogP contribution in [-0.2, 0) is 13.7 Å². The lowest BCUT2D eigenvalue weighted by Crippen LogP contribution is -2.02. The first kappa shape index (κ1) is 12.9. The van der Waals surface area contributed by atoms with Crippen LogP contribution in [0.15, 0.2) is 24.3 Å². The Balaban J connectivity index is 2.08. The lowest BCUT2D eigenvalue weighted by molar-refractivity contribution is -0.384. The number of hydrogen-bond donors (Lipinski definition) is 1. The van der Waals surface area contributed by atoms with Crippen molar-refractivity contribution < 1.29 is 9.66 Å². The number of ether oxygens (including phenoxy) is 1. The number of aromatic nitrogens is 2. The Hall–Kier alpha value is -2.57. The standard InChI is InChI=1S/C12H14N4O3/c1-8-11(12(13)15(2)14-8)7-19-10-5-3-9(4-6-10)16(17)18/h3-6H,7,13H2,1-2H3. The van der Waals surface area contributed by atoms with Gasteiger partial charge in [0.1, 0.15) is 18.2 Å². The molecule has 1 aromatic heterocycles. The molecule has 0 atom stereocenters. The molecule has 7 heteroatoms. The van der Waals surface area contributed by atoms with Crippen LogP contribution in [-0.4, -0.2) is 14.7 Å². The van der Waals surface area contributed by atoms with Crippen molar-refractivity contribution >= 4 is 11.5 Å². The smallest absolute Gasteiger partial charge is 0.269 e. The van der Waals surface area contributed by atoms with Gasteiger partial charge in [-0.2, -0.15) is 5.10 Å². The number of aryl methyl sites for hydroxylation is 2. The maximum Gasteiger partial charge on any atom is 0.269 e. The predicted octanol–water partition coefficient (Wildman–Crippen LogP) is 1.80. The summed E-state index contributed by atoms with van der Waals surface area (Å²) in [5, 5.41) is 14.7. The molecule has 2 rings (SSSR count).